The quantitative estimate of drug-likeness (QED) is 0.711. The predicted octanol–water partition coefficient (Wildman–Crippen LogP) is 2.36. The van der Waals surface area contributed by atoms with E-state index in [0.29, 0.717) is 6.42 Å². The zero-order chi connectivity index (χ0) is 12.1. The molecule has 0 saturated heterocycles. The van der Waals surface area contributed by atoms with Gasteiger partial charge in [0.2, 0.25) is 0 Å². The molecule has 0 N–H and O–H groups in total. The number of rotatable bonds is 5. The van der Waals surface area contributed by atoms with Crippen molar-refractivity contribution in [1.29, 1.82) is 0 Å². The number of aldehydes is 1. The highest BCUT2D eigenvalue weighted by atomic mass is 19.1. The molecule has 1 atom stereocenters. The molecule has 2 nitrogen and oxygen atoms in total. The van der Waals surface area contributed by atoms with Crippen molar-refractivity contribution >= 4 is 11.9 Å². The van der Waals surface area contributed by atoms with Gasteiger partial charge in [-0.25, -0.2) is 4.39 Å². The van der Waals surface area contributed by atoms with Crippen LogP contribution in [0.3, 0.4) is 0 Å². The van der Waals surface area contributed by atoms with Crippen LogP contribution in [-0.4, -0.2) is 31.3 Å². The molecule has 0 fully saturated rings. The molecule has 1 rings (SSSR count). The first-order chi connectivity index (χ1) is 7.54. The van der Waals surface area contributed by atoms with Gasteiger partial charge in [-0.3, -0.25) is 4.90 Å². The lowest BCUT2D eigenvalue weighted by Crippen LogP contribution is -2.29. The van der Waals surface area contributed by atoms with Gasteiger partial charge in [-0.1, -0.05) is 18.7 Å². The molecule has 1 aromatic rings. The maximum absolute atomic E-state index is 12.7. The summed E-state index contributed by atoms with van der Waals surface area (Å²) in [7, 11) is 3.69. The minimum absolute atomic E-state index is 0.183. The first-order valence-corrected chi connectivity index (χ1v) is 5.10. The van der Waals surface area contributed by atoms with Gasteiger partial charge in [0.15, 0.2) is 0 Å². The fraction of sp³-hybridized carbons (Fsp3) is 0.308. The summed E-state index contributed by atoms with van der Waals surface area (Å²) in [6, 6.07) is 5.96. The van der Waals surface area contributed by atoms with Crippen LogP contribution < -0.4 is 0 Å². The van der Waals surface area contributed by atoms with Crippen molar-refractivity contribution in [2.24, 2.45) is 0 Å². The Kier molecular flexibility index (Phi) is 4.38. The summed E-state index contributed by atoms with van der Waals surface area (Å²) in [6.45, 7) is 3.92. The summed E-state index contributed by atoms with van der Waals surface area (Å²) >= 11 is 0. The zero-order valence-electron chi connectivity index (χ0n) is 9.61. The minimum atomic E-state index is -0.268. The SMILES string of the molecule is C=C(CC(C=O)N(C)C)c1ccc(F)cc1. The molecule has 86 valence electrons. The molecule has 0 aromatic heterocycles. The molecule has 0 bridgehead atoms. The fourth-order valence-corrected chi connectivity index (χ4v) is 1.41. The minimum Gasteiger partial charge on any atom is -0.302 e. The standard InChI is InChI=1S/C13H16FNO/c1-10(8-13(9-16)15(2)3)11-4-6-12(14)7-5-11/h4-7,9,13H,1,8H2,2-3H3. The van der Waals surface area contributed by atoms with E-state index in [1.165, 1.54) is 12.1 Å². The molecule has 0 spiro atoms. The van der Waals surface area contributed by atoms with Gasteiger partial charge in [0, 0.05) is 0 Å². The average molecular weight is 221 g/mol. The van der Waals surface area contributed by atoms with Gasteiger partial charge in [0.05, 0.1) is 6.04 Å². The summed E-state index contributed by atoms with van der Waals surface area (Å²) in [6.07, 6.45) is 1.46. The van der Waals surface area contributed by atoms with Gasteiger partial charge >= 0.3 is 0 Å². The monoisotopic (exact) mass is 221 g/mol. The van der Waals surface area contributed by atoms with E-state index >= 15 is 0 Å². The van der Waals surface area contributed by atoms with Crippen LogP contribution >= 0.6 is 0 Å². The van der Waals surface area contributed by atoms with Crippen LogP contribution in [0.5, 0.6) is 0 Å². The van der Waals surface area contributed by atoms with Crippen molar-refractivity contribution in [3.8, 4) is 0 Å². The smallest absolute Gasteiger partial charge is 0.137 e. The van der Waals surface area contributed by atoms with E-state index in [4.69, 9.17) is 0 Å². The van der Waals surface area contributed by atoms with E-state index in [-0.39, 0.29) is 11.9 Å². The normalized spacial score (nSPS) is 12.5. The lowest BCUT2D eigenvalue weighted by Gasteiger charge is -2.19. The van der Waals surface area contributed by atoms with E-state index in [1.54, 1.807) is 12.1 Å². The second-order valence-electron chi connectivity index (χ2n) is 3.98. The van der Waals surface area contributed by atoms with Crippen LogP contribution in [0.4, 0.5) is 4.39 Å². The lowest BCUT2D eigenvalue weighted by atomic mass is 10.0. The van der Waals surface area contributed by atoms with Crippen molar-refractivity contribution < 1.29 is 9.18 Å². The average Bonchev–Trinajstić information content (AvgIpc) is 2.26. The van der Waals surface area contributed by atoms with Crippen LogP contribution in [0.2, 0.25) is 0 Å². The van der Waals surface area contributed by atoms with Gasteiger partial charge in [-0.05, 0) is 43.8 Å². The van der Waals surface area contributed by atoms with Crippen molar-refractivity contribution in [3.63, 3.8) is 0 Å². The maximum atomic E-state index is 12.7. The Morgan fingerprint density at radius 2 is 2.00 bits per heavy atom. The van der Waals surface area contributed by atoms with E-state index < -0.39 is 0 Å². The first-order valence-electron chi connectivity index (χ1n) is 5.10. The molecule has 0 aliphatic carbocycles. The number of nitrogens with zero attached hydrogens (tertiary/aromatic N) is 1. The van der Waals surface area contributed by atoms with Crippen LogP contribution in [0.1, 0.15) is 12.0 Å². The Labute approximate surface area is 95.4 Å². The molecule has 0 radical (unpaired) electrons. The third-order valence-corrected chi connectivity index (χ3v) is 2.53. The molecule has 16 heavy (non-hydrogen) atoms. The Balaban J connectivity index is 2.71. The van der Waals surface area contributed by atoms with Gasteiger partial charge < -0.3 is 4.79 Å². The van der Waals surface area contributed by atoms with E-state index in [1.807, 2.05) is 19.0 Å². The van der Waals surface area contributed by atoms with Gasteiger partial charge in [0.1, 0.15) is 12.1 Å². The number of hydrogen-bond donors (Lipinski definition) is 0. The first kappa shape index (κ1) is 12.6. The highest BCUT2D eigenvalue weighted by Crippen LogP contribution is 2.19. The number of likely N-dealkylation sites (N-methyl/N-ethyl adjacent to an activating group) is 1. The highest BCUT2D eigenvalue weighted by molar-refractivity contribution is 5.69. The highest BCUT2D eigenvalue weighted by Gasteiger charge is 2.12. The molecular formula is C13H16FNO. The molecule has 1 unspecified atom stereocenters. The topological polar surface area (TPSA) is 20.3 Å². The number of hydrogen-bond acceptors (Lipinski definition) is 2. The van der Waals surface area contributed by atoms with Crippen molar-refractivity contribution in [2.45, 2.75) is 12.5 Å². The summed E-state index contributed by atoms with van der Waals surface area (Å²) in [5.41, 5.74) is 1.71. The van der Waals surface area contributed by atoms with Crippen LogP contribution in [0, 0.1) is 5.82 Å². The second kappa shape index (κ2) is 5.56. The molecular weight excluding hydrogens is 205 g/mol. The number of benzene rings is 1. The molecule has 3 heteroatoms. The Hall–Kier alpha value is -1.48. The van der Waals surface area contributed by atoms with E-state index in [2.05, 4.69) is 6.58 Å². The number of carbonyl (C=O) groups excluding carboxylic acids is 1. The third kappa shape index (κ3) is 3.28. The second-order valence-corrected chi connectivity index (χ2v) is 3.98. The molecule has 0 aliphatic heterocycles. The molecule has 0 aliphatic rings. The van der Waals surface area contributed by atoms with E-state index in [9.17, 15) is 9.18 Å². The Morgan fingerprint density at radius 1 is 1.44 bits per heavy atom. The van der Waals surface area contributed by atoms with Gasteiger partial charge in [0.25, 0.3) is 0 Å². The molecule has 0 saturated carbocycles. The van der Waals surface area contributed by atoms with Crippen molar-refractivity contribution in [2.75, 3.05) is 14.1 Å². The zero-order valence-corrected chi connectivity index (χ0v) is 9.61. The lowest BCUT2D eigenvalue weighted by molar-refractivity contribution is -0.111. The van der Waals surface area contributed by atoms with Gasteiger partial charge in [-0.15, -0.1) is 0 Å². The number of halogens is 1. The fourth-order valence-electron chi connectivity index (χ4n) is 1.41. The summed E-state index contributed by atoms with van der Waals surface area (Å²) in [4.78, 5) is 12.7. The summed E-state index contributed by atoms with van der Waals surface area (Å²) in [5, 5.41) is 0. The number of carbonyl (C=O) groups is 1. The third-order valence-electron chi connectivity index (χ3n) is 2.53. The predicted molar refractivity (Wildman–Crippen MR) is 63.6 cm³/mol. The molecule has 1 aromatic carbocycles. The maximum Gasteiger partial charge on any atom is 0.137 e. The molecule has 0 amide bonds. The van der Waals surface area contributed by atoms with Crippen LogP contribution in [0.15, 0.2) is 30.8 Å². The summed E-state index contributed by atoms with van der Waals surface area (Å²) in [5.74, 6) is -0.268. The Morgan fingerprint density at radius 3 is 2.44 bits per heavy atom. The van der Waals surface area contributed by atoms with Crippen LogP contribution in [-0.2, 0) is 4.79 Å². The van der Waals surface area contributed by atoms with Crippen LogP contribution in [0.25, 0.3) is 5.57 Å². The van der Waals surface area contributed by atoms with Crippen molar-refractivity contribution in [1.82, 2.24) is 4.90 Å². The summed E-state index contributed by atoms with van der Waals surface area (Å²) < 4.78 is 12.7. The van der Waals surface area contributed by atoms with E-state index in [0.717, 1.165) is 17.4 Å². The van der Waals surface area contributed by atoms with Gasteiger partial charge in [-0.2, -0.15) is 0 Å². The largest absolute Gasteiger partial charge is 0.302 e. The van der Waals surface area contributed by atoms with Crippen molar-refractivity contribution in [3.05, 3.63) is 42.2 Å². The molecule has 0 heterocycles. The Bertz CT molecular complexity index is 370.